The van der Waals surface area contributed by atoms with E-state index in [1.165, 1.54) is 0 Å². The van der Waals surface area contributed by atoms with E-state index in [0.29, 0.717) is 0 Å². The summed E-state index contributed by atoms with van der Waals surface area (Å²) in [5, 5.41) is 9.08. The summed E-state index contributed by atoms with van der Waals surface area (Å²) in [6.45, 7) is 0.975. The zero-order chi connectivity index (χ0) is 13.9. The van der Waals surface area contributed by atoms with Gasteiger partial charge in [-0.05, 0) is 36.8 Å². The minimum Gasteiger partial charge on any atom is -0.396 e. The van der Waals surface area contributed by atoms with Crippen molar-refractivity contribution < 1.29 is 5.11 Å². The van der Waals surface area contributed by atoms with Gasteiger partial charge < -0.3 is 14.7 Å². The van der Waals surface area contributed by atoms with Crippen molar-refractivity contribution in [3.8, 4) is 0 Å². The summed E-state index contributed by atoms with van der Waals surface area (Å²) in [6, 6.07) is 10.2. The van der Waals surface area contributed by atoms with Crippen LogP contribution in [0.15, 0.2) is 41.0 Å². The summed E-state index contributed by atoms with van der Waals surface area (Å²) >= 11 is 3.48. The first-order chi connectivity index (χ1) is 9.78. The molecule has 3 aromatic rings. The lowest BCUT2D eigenvalue weighted by molar-refractivity contribution is 0.280. The standard InChI is InChI=1S/C15H16BrN3O/c16-11-4-5-14-13(9-11)18-15(19(14)7-2-8-20)10-12-3-1-6-17-12/h1,3-6,9,17,20H,2,7-8,10H2. The number of nitrogens with one attached hydrogen (secondary N) is 1. The number of aryl methyl sites for hydroxylation is 1. The molecule has 0 bridgehead atoms. The Morgan fingerprint density at radius 3 is 2.95 bits per heavy atom. The van der Waals surface area contributed by atoms with Crippen molar-refractivity contribution >= 4 is 27.0 Å². The highest BCUT2D eigenvalue weighted by molar-refractivity contribution is 9.10. The number of aromatic nitrogens is 3. The van der Waals surface area contributed by atoms with Gasteiger partial charge in [0.05, 0.1) is 11.0 Å². The molecule has 2 N–H and O–H groups in total. The Bertz CT molecular complexity index is 703. The van der Waals surface area contributed by atoms with Crippen molar-refractivity contribution in [2.45, 2.75) is 19.4 Å². The topological polar surface area (TPSA) is 53.8 Å². The lowest BCUT2D eigenvalue weighted by Crippen LogP contribution is -2.06. The Hall–Kier alpha value is -1.59. The van der Waals surface area contributed by atoms with Crippen LogP contribution in [0.3, 0.4) is 0 Å². The van der Waals surface area contributed by atoms with Gasteiger partial charge in [0.2, 0.25) is 0 Å². The summed E-state index contributed by atoms with van der Waals surface area (Å²) in [5.41, 5.74) is 3.24. The van der Waals surface area contributed by atoms with E-state index < -0.39 is 0 Å². The SMILES string of the molecule is OCCCn1c(Cc2ccc[nH]2)nc2cc(Br)ccc21. The molecule has 0 radical (unpaired) electrons. The van der Waals surface area contributed by atoms with Gasteiger partial charge in [0.1, 0.15) is 5.82 Å². The van der Waals surface area contributed by atoms with Crippen LogP contribution in [-0.4, -0.2) is 26.2 Å². The van der Waals surface area contributed by atoms with Crippen LogP contribution in [-0.2, 0) is 13.0 Å². The number of H-pyrrole nitrogens is 1. The fourth-order valence-corrected chi connectivity index (χ4v) is 2.76. The van der Waals surface area contributed by atoms with E-state index in [4.69, 9.17) is 10.1 Å². The summed E-state index contributed by atoms with van der Waals surface area (Å²) in [5.74, 6) is 1.02. The van der Waals surface area contributed by atoms with Crippen LogP contribution in [0.4, 0.5) is 0 Å². The molecule has 4 nitrogen and oxygen atoms in total. The maximum atomic E-state index is 9.08. The highest BCUT2D eigenvalue weighted by atomic mass is 79.9. The second-order valence-electron chi connectivity index (χ2n) is 4.76. The third-order valence-electron chi connectivity index (χ3n) is 3.34. The quantitative estimate of drug-likeness (QED) is 0.753. The van der Waals surface area contributed by atoms with Crippen LogP contribution in [0.1, 0.15) is 17.9 Å². The molecular weight excluding hydrogens is 318 g/mol. The van der Waals surface area contributed by atoms with Crippen molar-refractivity contribution in [1.29, 1.82) is 0 Å². The van der Waals surface area contributed by atoms with E-state index in [9.17, 15) is 0 Å². The van der Waals surface area contributed by atoms with Gasteiger partial charge in [-0.2, -0.15) is 0 Å². The first-order valence-corrected chi connectivity index (χ1v) is 7.45. The molecule has 0 aliphatic rings. The number of rotatable bonds is 5. The number of aliphatic hydroxyl groups excluding tert-OH is 1. The van der Waals surface area contributed by atoms with Crippen molar-refractivity contribution in [2.75, 3.05) is 6.61 Å². The van der Waals surface area contributed by atoms with Crippen LogP contribution in [0, 0.1) is 0 Å². The fourth-order valence-electron chi connectivity index (χ4n) is 2.41. The number of fused-ring (bicyclic) bond motifs is 1. The molecule has 0 aliphatic carbocycles. The van der Waals surface area contributed by atoms with Crippen LogP contribution in [0.25, 0.3) is 11.0 Å². The number of hydrogen-bond acceptors (Lipinski definition) is 2. The molecule has 2 aromatic heterocycles. The number of imidazole rings is 1. The lowest BCUT2D eigenvalue weighted by atomic mass is 10.3. The van der Waals surface area contributed by atoms with E-state index in [1.807, 2.05) is 24.4 Å². The zero-order valence-electron chi connectivity index (χ0n) is 11.0. The van der Waals surface area contributed by atoms with E-state index in [-0.39, 0.29) is 6.61 Å². The largest absolute Gasteiger partial charge is 0.396 e. The predicted molar refractivity (Wildman–Crippen MR) is 82.7 cm³/mol. The van der Waals surface area contributed by atoms with Gasteiger partial charge in [-0.1, -0.05) is 15.9 Å². The molecule has 0 amide bonds. The molecule has 1 aromatic carbocycles. The molecule has 0 saturated heterocycles. The van der Waals surface area contributed by atoms with Gasteiger partial charge in [0, 0.05) is 35.9 Å². The van der Waals surface area contributed by atoms with Crippen molar-refractivity contribution in [3.63, 3.8) is 0 Å². The number of nitrogens with zero attached hydrogens (tertiary/aromatic N) is 2. The Balaban J connectivity index is 2.03. The summed E-state index contributed by atoms with van der Waals surface area (Å²) in [4.78, 5) is 7.95. The predicted octanol–water partition coefficient (Wildman–Crippen LogP) is 3.10. The second kappa shape index (κ2) is 5.81. The highest BCUT2D eigenvalue weighted by Gasteiger charge is 2.11. The molecule has 5 heteroatoms. The summed E-state index contributed by atoms with van der Waals surface area (Å²) in [7, 11) is 0. The van der Waals surface area contributed by atoms with E-state index in [1.54, 1.807) is 0 Å². The molecular formula is C15H16BrN3O. The van der Waals surface area contributed by atoms with Gasteiger partial charge in [0.25, 0.3) is 0 Å². The molecule has 0 fully saturated rings. The van der Waals surface area contributed by atoms with E-state index in [0.717, 1.165) is 46.4 Å². The van der Waals surface area contributed by atoms with Gasteiger partial charge in [-0.3, -0.25) is 0 Å². The molecule has 0 saturated carbocycles. The number of aliphatic hydroxyl groups is 1. The zero-order valence-corrected chi connectivity index (χ0v) is 12.6. The van der Waals surface area contributed by atoms with E-state index >= 15 is 0 Å². The fraction of sp³-hybridized carbons (Fsp3) is 0.267. The van der Waals surface area contributed by atoms with Crippen LogP contribution in [0.2, 0.25) is 0 Å². The summed E-state index contributed by atoms with van der Waals surface area (Å²) < 4.78 is 3.22. The minimum atomic E-state index is 0.193. The first-order valence-electron chi connectivity index (χ1n) is 6.66. The Morgan fingerprint density at radius 2 is 2.20 bits per heavy atom. The monoisotopic (exact) mass is 333 g/mol. The molecule has 0 aliphatic heterocycles. The number of benzene rings is 1. The first kappa shape index (κ1) is 13.4. The molecule has 2 heterocycles. The lowest BCUT2D eigenvalue weighted by Gasteiger charge is -2.07. The molecule has 0 spiro atoms. The van der Waals surface area contributed by atoms with Crippen molar-refractivity contribution in [1.82, 2.24) is 14.5 Å². The van der Waals surface area contributed by atoms with E-state index in [2.05, 4.69) is 37.6 Å². The van der Waals surface area contributed by atoms with Crippen LogP contribution in [0.5, 0.6) is 0 Å². The molecule has 0 unspecified atom stereocenters. The van der Waals surface area contributed by atoms with Gasteiger partial charge >= 0.3 is 0 Å². The number of aromatic amines is 1. The highest BCUT2D eigenvalue weighted by Crippen LogP contribution is 2.22. The number of halogens is 1. The molecule has 20 heavy (non-hydrogen) atoms. The second-order valence-corrected chi connectivity index (χ2v) is 5.68. The van der Waals surface area contributed by atoms with Gasteiger partial charge in [-0.25, -0.2) is 4.98 Å². The number of hydrogen-bond donors (Lipinski definition) is 2. The maximum Gasteiger partial charge on any atom is 0.115 e. The maximum absolute atomic E-state index is 9.08. The normalized spacial score (nSPS) is 11.3. The molecule has 0 atom stereocenters. The molecule has 104 valence electrons. The molecule has 3 rings (SSSR count). The smallest absolute Gasteiger partial charge is 0.115 e. The van der Waals surface area contributed by atoms with Crippen molar-refractivity contribution in [3.05, 3.63) is 52.5 Å². The summed E-state index contributed by atoms with van der Waals surface area (Å²) in [6.07, 6.45) is 3.43. The average molecular weight is 334 g/mol. The Morgan fingerprint density at radius 1 is 1.30 bits per heavy atom. The third kappa shape index (κ3) is 2.64. The van der Waals surface area contributed by atoms with Crippen molar-refractivity contribution in [2.24, 2.45) is 0 Å². The average Bonchev–Trinajstić information content (AvgIpc) is 3.04. The Labute approximate surface area is 125 Å². The van der Waals surface area contributed by atoms with Gasteiger partial charge in [0.15, 0.2) is 0 Å². The third-order valence-corrected chi connectivity index (χ3v) is 3.83. The minimum absolute atomic E-state index is 0.193. The Kier molecular flexibility index (Phi) is 3.89. The van der Waals surface area contributed by atoms with Gasteiger partial charge in [-0.15, -0.1) is 0 Å². The van der Waals surface area contributed by atoms with Crippen LogP contribution >= 0.6 is 15.9 Å². The van der Waals surface area contributed by atoms with Crippen LogP contribution < -0.4 is 0 Å².